The van der Waals surface area contributed by atoms with Crippen LogP contribution in [-0.4, -0.2) is 12.7 Å². The van der Waals surface area contributed by atoms with Gasteiger partial charge in [0.05, 0.1) is 18.1 Å². The molecule has 1 fully saturated rings. The molecule has 1 aliphatic carbocycles. The fourth-order valence-corrected chi connectivity index (χ4v) is 2.43. The molecule has 0 heterocycles. The zero-order chi connectivity index (χ0) is 11.8. The third-order valence-corrected chi connectivity index (χ3v) is 3.71. The van der Waals surface area contributed by atoms with Gasteiger partial charge < -0.3 is 4.74 Å². The highest BCUT2D eigenvalue weighted by molar-refractivity contribution is 4.93. The highest BCUT2D eigenvalue weighted by Gasteiger charge is 2.28. The van der Waals surface area contributed by atoms with Gasteiger partial charge in [-0.25, -0.2) is 0 Å². The summed E-state index contributed by atoms with van der Waals surface area (Å²) in [7, 11) is 0. The Morgan fingerprint density at radius 1 is 1.38 bits per heavy atom. The largest absolute Gasteiger partial charge is 0.377 e. The van der Waals surface area contributed by atoms with E-state index in [1.807, 2.05) is 0 Å². The van der Waals surface area contributed by atoms with Crippen LogP contribution >= 0.6 is 0 Å². The standard InChI is InChI=1S/C14H25NO/c1-3-5-7-12(4-2)11-16-14-9-6-8-13(14)10-15/h12-14H,3-9,11H2,1-2H3. The molecule has 0 spiro atoms. The molecule has 0 aliphatic heterocycles. The monoisotopic (exact) mass is 223 g/mol. The van der Waals surface area contributed by atoms with Gasteiger partial charge in [0.2, 0.25) is 0 Å². The lowest BCUT2D eigenvalue weighted by molar-refractivity contribution is 0.0157. The van der Waals surface area contributed by atoms with Crippen molar-refractivity contribution in [3.63, 3.8) is 0 Å². The Morgan fingerprint density at radius 3 is 2.81 bits per heavy atom. The van der Waals surface area contributed by atoms with Gasteiger partial charge in [0, 0.05) is 6.61 Å². The van der Waals surface area contributed by atoms with E-state index in [2.05, 4.69) is 19.9 Å². The topological polar surface area (TPSA) is 33.0 Å². The molecule has 1 aliphatic rings. The van der Waals surface area contributed by atoms with Gasteiger partial charge in [-0.05, 0) is 31.6 Å². The second-order valence-corrected chi connectivity index (χ2v) is 4.95. The van der Waals surface area contributed by atoms with E-state index in [4.69, 9.17) is 10.00 Å². The molecule has 0 radical (unpaired) electrons. The van der Waals surface area contributed by atoms with Gasteiger partial charge in [0.1, 0.15) is 0 Å². The van der Waals surface area contributed by atoms with Crippen LogP contribution < -0.4 is 0 Å². The van der Waals surface area contributed by atoms with Crippen LogP contribution in [0.15, 0.2) is 0 Å². The quantitative estimate of drug-likeness (QED) is 0.655. The number of ether oxygens (including phenoxy) is 1. The molecule has 0 aromatic heterocycles. The van der Waals surface area contributed by atoms with Crippen molar-refractivity contribution in [2.75, 3.05) is 6.61 Å². The van der Waals surface area contributed by atoms with Crippen molar-refractivity contribution in [3.05, 3.63) is 0 Å². The van der Waals surface area contributed by atoms with Crippen LogP contribution in [0.4, 0.5) is 0 Å². The zero-order valence-corrected chi connectivity index (χ0v) is 10.7. The van der Waals surface area contributed by atoms with E-state index in [0.717, 1.165) is 25.9 Å². The van der Waals surface area contributed by atoms with Crippen LogP contribution in [0, 0.1) is 23.2 Å². The molecule has 1 saturated carbocycles. The molecule has 0 amide bonds. The Morgan fingerprint density at radius 2 is 2.19 bits per heavy atom. The number of unbranched alkanes of at least 4 members (excludes halogenated alkanes) is 1. The Hall–Kier alpha value is -0.550. The number of nitriles is 1. The first-order valence-electron chi connectivity index (χ1n) is 6.83. The molecule has 0 bridgehead atoms. The highest BCUT2D eigenvalue weighted by atomic mass is 16.5. The number of nitrogens with zero attached hydrogens (tertiary/aromatic N) is 1. The number of hydrogen-bond donors (Lipinski definition) is 0. The minimum atomic E-state index is 0.156. The molecule has 92 valence electrons. The smallest absolute Gasteiger partial charge is 0.0733 e. The molecule has 0 aromatic rings. The molecule has 0 aromatic carbocycles. The molecule has 1 rings (SSSR count). The summed E-state index contributed by atoms with van der Waals surface area (Å²) in [6, 6.07) is 2.37. The summed E-state index contributed by atoms with van der Waals surface area (Å²) >= 11 is 0. The Balaban J connectivity index is 2.23. The second-order valence-electron chi connectivity index (χ2n) is 4.95. The minimum absolute atomic E-state index is 0.156. The minimum Gasteiger partial charge on any atom is -0.377 e. The molecule has 2 nitrogen and oxygen atoms in total. The van der Waals surface area contributed by atoms with Gasteiger partial charge in [-0.3, -0.25) is 0 Å². The van der Waals surface area contributed by atoms with Crippen molar-refractivity contribution >= 4 is 0 Å². The van der Waals surface area contributed by atoms with E-state index < -0.39 is 0 Å². The maximum Gasteiger partial charge on any atom is 0.0733 e. The van der Waals surface area contributed by atoms with Gasteiger partial charge in [-0.15, -0.1) is 0 Å². The number of rotatable bonds is 7. The van der Waals surface area contributed by atoms with Crippen molar-refractivity contribution in [2.45, 2.75) is 64.9 Å². The molecule has 0 saturated heterocycles. The number of hydrogen-bond acceptors (Lipinski definition) is 2. The van der Waals surface area contributed by atoms with Crippen LogP contribution in [0.3, 0.4) is 0 Å². The van der Waals surface area contributed by atoms with Crippen LogP contribution in [-0.2, 0) is 4.74 Å². The summed E-state index contributed by atoms with van der Waals surface area (Å²) in [5.74, 6) is 0.851. The van der Waals surface area contributed by atoms with Crippen molar-refractivity contribution in [2.24, 2.45) is 11.8 Å². The maximum atomic E-state index is 8.97. The molecular weight excluding hydrogens is 198 g/mol. The van der Waals surface area contributed by atoms with E-state index in [0.29, 0.717) is 5.92 Å². The second kappa shape index (κ2) is 7.68. The zero-order valence-electron chi connectivity index (χ0n) is 10.7. The summed E-state index contributed by atoms with van der Waals surface area (Å²) in [6.45, 7) is 5.33. The summed E-state index contributed by atoms with van der Waals surface area (Å²) in [5, 5.41) is 8.97. The van der Waals surface area contributed by atoms with Crippen LogP contribution in [0.25, 0.3) is 0 Å². The third-order valence-electron chi connectivity index (χ3n) is 3.71. The summed E-state index contributed by atoms with van der Waals surface area (Å²) in [5.41, 5.74) is 0. The van der Waals surface area contributed by atoms with Crippen LogP contribution in [0.2, 0.25) is 0 Å². The third kappa shape index (κ3) is 4.14. The van der Waals surface area contributed by atoms with Crippen molar-refractivity contribution < 1.29 is 4.74 Å². The summed E-state index contributed by atoms with van der Waals surface area (Å²) in [4.78, 5) is 0. The van der Waals surface area contributed by atoms with Crippen molar-refractivity contribution in [1.82, 2.24) is 0 Å². The lowest BCUT2D eigenvalue weighted by Gasteiger charge is -2.20. The predicted molar refractivity (Wildman–Crippen MR) is 66.0 cm³/mol. The van der Waals surface area contributed by atoms with E-state index in [9.17, 15) is 0 Å². The Bertz CT molecular complexity index is 221. The molecule has 16 heavy (non-hydrogen) atoms. The first-order chi connectivity index (χ1) is 7.81. The van der Waals surface area contributed by atoms with Crippen molar-refractivity contribution in [1.29, 1.82) is 5.26 Å². The molecule has 0 N–H and O–H groups in total. The normalized spacial score (nSPS) is 26.6. The fourth-order valence-electron chi connectivity index (χ4n) is 2.43. The molecule has 3 atom stereocenters. The molecule has 2 heteroatoms. The molecule has 3 unspecified atom stereocenters. The Labute approximate surface area is 100.0 Å². The van der Waals surface area contributed by atoms with Gasteiger partial charge in [-0.1, -0.05) is 33.1 Å². The van der Waals surface area contributed by atoms with Gasteiger partial charge in [-0.2, -0.15) is 5.26 Å². The SMILES string of the molecule is CCCCC(CC)COC1CCCC1C#N. The molecular formula is C14H25NO. The van der Waals surface area contributed by atoms with Gasteiger partial charge >= 0.3 is 0 Å². The van der Waals surface area contributed by atoms with E-state index in [1.165, 1.54) is 25.7 Å². The van der Waals surface area contributed by atoms with E-state index in [1.54, 1.807) is 0 Å². The van der Waals surface area contributed by atoms with E-state index in [-0.39, 0.29) is 12.0 Å². The maximum absolute atomic E-state index is 8.97. The van der Waals surface area contributed by atoms with Crippen LogP contribution in [0.5, 0.6) is 0 Å². The average Bonchev–Trinajstić information content (AvgIpc) is 2.77. The first-order valence-corrected chi connectivity index (χ1v) is 6.83. The lowest BCUT2D eigenvalue weighted by atomic mass is 10.00. The van der Waals surface area contributed by atoms with Gasteiger partial charge in [0.25, 0.3) is 0 Å². The van der Waals surface area contributed by atoms with Crippen molar-refractivity contribution in [3.8, 4) is 6.07 Å². The van der Waals surface area contributed by atoms with E-state index >= 15 is 0 Å². The predicted octanol–water partition coefficient (Wildman–Crippen LogP) is 3.91. The summed E-state index contributed by atoms with van der Waals surface area (Å²) in [6.07, 6.45) is 8.54. The summed E-state index contributed by atoms with van der Waals surface area (Å²) < 4.78 is 5.93. The van der Waals surface area contributed by atoms with Crippen LogP contribution in [0.1, 0.15) is 58.8 Å². The highest BCUT2D eigenvalue weighted by Crippen LogP contribution is 2.28. The Kier molecular flexibility index (Phi) is 6.49. The first kappa shape index (κ1) is 13.5. The lowest BCUT2D eigenvalue weighted by Crippen LogP contribution is -2.21. The fraction of sp³-hybridized carbons (Fsp3) is 0.929. The van der Waals surface area contributed by atoms with Gasteiger partial charge in [0.15, 0.2) is 0 Å². The average molecular weight is 223 g/mol.